The molecule has 3 aromatic rings. The van der Waals surface area contributed by atoms with E-state index in [1.807, 2.05) is 6.92 Å². The molecule has 0 aliphatic heterocycles. The molecule has 1 aromatic carbocycles. The Morgan fingerprint density at radius 2 is 1.96 bits per heavy atom. The number of imidazole rings is 1. The molecule has 9 heteroatoms. The minimum absolute atomic E-state index is 0.0394. The third-order valence-electron chi connectivity index (χ3n) is 4.31. The molecule has 144 valence electrons. The van der Waals surface area contributed by atoms with E-state index in [4.69, 9.17) is 4.74 Å². The lowest BCUT2D eigenvalue weighted by atomic mass is 10.2. The van der Waals surface area contributed by atoms with Gasteiger partial charge in [0.05, 0.1) is 12.2 Å². The number of hydrogen-bond acceptors (Lipinski definition) is 4. The molecule has 27 heavy (non-hydrogen) atoms. The average molecular weight is 378 g/mol. The Kier molecular flexibility index (Phi) is 5.50. The van der Waals surface area contributed by atoms with Crippen molar-refractivity contribution in [2.45, 2.75) is 32.9 Å². The van der Waals surface area contributed by atoms with Gasteiger partial charge in [-0.1, -0.05) is 13.3 Å². The van der Waals surface area contributed by atoms with Gasteiger partial charge in [0.1, 0.15) is 17.5 Å². The summed E-state index contributed by atoms with van der Waals surface area (Å²) in [6.07, 6.45) is 1.56. The Morgan fingerprint density at radius 1 is 1.19 bits per heavy atom. The van der Waals surface area contributed by atoms with Crippen LogP contribution < -0.4 is 11.2 Å². The minimum atomic E-state index is -0.803. The third-order valence-corrected chi connectivity index (χ3v) is 4.31. The number of unbranched alkanes of at least 4 members (excludes halogenated alkanes) is 1. The molecule has 0 bridgehead atoms. The first kappa shape index (κ1) is 19.0. The Labute approximate surface area is 153 Å². The molecule has 2 heterocycles. The molecule has 0 atom stereocenters. The van der Waals surface area contributed by atoms with Gasteiger partial charge in [-0.05, 0) is 18.6 Å². The summed E-state index contributed by atoms with van der Waals surface area (Å²) in [6.45, 7) is 2.81. The molecular weight excluding hydrogens is 358 g/mol. The number of fused-ring (bicyclic) bond motifs is 1. The zero-order chi connectivity index (χ0) is 19.6. The van der Waals surface area contributed by atoms with Gasteiger partial charge in [-0.25, -0.2) is 18.6 Å². The second kappa shape index (κ2) is 7.83. The summed E-state index contributed by atoms with van der Waals surface area (Å²) >= 11 is 0. The molecule has 7 nitrogen and oxygen atoms in total. The normalized spacial score (nSPS) is 11.4. The molecule has 3 rings (SSSR count). The van der Waals surface area contributed by atoms with Crippen LogP contribution >= 0.6 is 0 Å². The number of H-pyrrole nitrogens is 1. The highest BCUT2D eigenvalue weighted by molar-refractivity contribution is 5.77. The van der Waals surface area contributed by atoms with E-state index in [1.54, 1.807) is 0 Å². The standard InChI is InChI=1S/C18H20F2N4O3/c1-3-4-7-24-16-14(17(25)22-18(24)26)23(8-9-27-2)15(21-16)12-6-5-11(19)10-13(12)20/h5-6,10H,3-4,7-9H2,1-2H3,(H,22,25,26). The SMILES string of the molecule is CCCCn1c(=O)[nH]c(=O)c2c1nc(-c1ccc(F)cc1F)n2CCOC. The number of aryl methyl sites for hydroxylation is 1. The van der Waals surface area contributed by atoms with Crippen molar-refractivity contribution in [1.82, 2.24) is 19.1 Å². The number of ether oxygens (including phenoxy) is 1. The molecule has 0 aliphatic rings. The zero-order valence-corrected chi connectivity index (χ0v) is 15.1. The second-order valence-corrected chi connectivity index (χ2v) is 6.14. The first-order valence-electron chi connectivity index (χ1n) is 8.65. The van der Waals surface area contributed by atoms with Crippen LogP contribution in [-0.4, -0.2) is 32.8 Å². The van der Waals surface area contributed by atoms with Crippen molar-refractivity contribution in [3.05, 3.63) is 50.7 Å². The number of nitrogens with zero attached hydrogens (tertiary/aromatic N) is 3. The lowest BCUT2D eigenvalue weighted by Crippen LogP contribution is -2.31. The Bertz CT molecular complexity index is 1080. The molecule has 0 fully saturated rings. The molecule has 0 aliphatic carbocycles. The lowest BCUT2D eigenvalue weighted by Gasteiger charge is -2.09. The maximum atomic E-state index is 14.4. The maximum Gasteiger partial charge on any atom is 0.330 e. The van der Waals surface area contributed by atoms with Crippen LogP contribution in [0.2, 0.25) is 0 Å². The first-order chi connectivity index (χ1) is 13.0. The number of aromatic amines is 1. The predicted molar refractivity (Wildman–Crippen MR) is 96.7 cm³/mol. The van der Waals surface area contributed by atoms with Crippen molar-refractivity contribution < 1.29 is 13.5 Å². The van der Waals surface area contributed by atoms with E-state index in [2.05, 4.69) is 9.97 Å². The van der Waals surface area contributed by atoms with Crippen LogP contribution in [0.15, 0.2) is 27.8 Å². The molecule has 0 unspecified atom stereocenters. The van der Waals surface area contributed by atoms with Gasteiger partial charge in [-0.3, -0.25) is 14.3 Å². The number of rotatable bonds is 7. The van der Waals surface area contributed by atoms with Crippen molar-refractivity contribution in [1.29, 1.82) is 0 Å². The molecule has 0 amide bonds. The highest BCUT2D eigenvalue weighted by Gasteiger charge is 2.21. The fourth-order valence-electron chi connectivity index (χ4n) is 2.97. The summed E-state index contributed by atoms with van der Waals surface area (Å²) < 4.78 is 35.6. The van der Waals surface area contributed by atoms with E-state index in [0.29, 0.717) is 13.0 Å². The van der Waals surface area contributed by atoms with Gasteiger partial charge in [-0.2, -0.15) is 0 Å². The summed E-state index contributed by atoms with van der Waals surface area (Å²) in [5, 5.41) is 0. The summed E-state index contributed by atoms with van der Waals surface area (Å²) in [4.78, 5) is 31.4. The van der Waals surface area contributed by atoms with E-state index in [9.17, 15) is 18.4 Å². The number of benzene rings is 1. The van der Waals surface area contributed by atoms with Crippen LogP contribution in [0.3, 0.4) is 0 Å². The number of hydrogen-bond donors (Lipinski definition) is 1. The van der Waals surface area contributed by atoms with Gasteiger partial charge in [0.25, 0.3) is 5.56 Å². The highest BCUT2D eigenvalue weighted by atomic mass is 19.1. The number of aromatic nitrogens is 4. The van der Waals surface area contributed by atoms with Crippen LogP contribution in [0.5, 0.6) is 0 Å². The molecule has 0 saturated heterocycles. The molecular formula is C18H20F2N4O3. The summed E-state index contributed by atoms with van der Waals surface area (Å²) in [5.74, 6) is -1.38. The van der Waals surface area contributed by atoms with E-state index in [-0.39, 0.29) is 35.7 Å². The Hall–Kier alpha value is -2.81. The number of halogens is 2. The summed E-state index contributed by atoms with van der Waals surface area (Å²) in [5.41, 5.74) is -0.810. The van der Waals surface area contributed by atoms with Gasteiger partial charge in [0.2, 0.25) is 0 Å². The molecule has 1 N–H and O–H groups in total. The number of methoxy groups -OCH3 is 1. The van der Waals surface area contributed by atoms with E-state index >= 15 is 0 Å². The average Bonchev–Trinajstić information content (AvgIpc) is 2.99. The molecule has 0 spiro atoms. The van der Waals surface area contributed by atoms with Crippen molar-refractivity contribution in [3.63, 3.8) is 0 Å². The van der Waals surface area contributed by atoms with Gasteiger partial charge in [-0.15, -0.1) is 0 Å². The van der Waals surface area contributed by atoms with Crippen molar-refractivity contribution in [2.24, 2.45) is 0 Å². The quantitative estimate of drug-likeness (QED) is 0.684. The first-order valence-corrected chi connectivity index (χ1v) is 8.65. The lowest BCUT2D eigenvalue weighted by molar-refractivity contribution is 0.188. The fourth-order valence-corrected chi connectivity index (χ4v) is 2.97. The zero-order valence-electron chi connectivity index (χ0n) is 15.1. The van der Waals surface area contributed by atoms with Crippen molar-refractivity contribution >= 4 is 11.2 Å². The highest BCUT2D eigenvalue weighted by Crippen LogP contribution is 2.25. The second-order valence-electron chi connectivity index (χ2n) is 6.14. The predicted octanol–water partition coefficient (Wildman–Crippen LogP) is 2.28. The summed E-state index contributed by atoms with van der Waals surface area (Å²) in [7, 11) is 1.50. The van der Waals surface area contributed by atoms with Crippen LogP contribution in [0.25, 0.3) is 22.6 Å². The molecule has 0 radical (unpaired) electrons. The number of nitrogens with one attached hydrogen (secondary N) is 1. The van der Waals surface area contributed by atoms with Crippen LogP contribution in [0.1, 0.15) is 19.8 Å². The molecule has 2 aromatic heterocycles. The Morgan fingerprint density at radius 3 is 2.63 bits per heavy atom. The van der Waals surface area contributed by atoms with Crippen LogP contribution in [0, 0.1) is 11.6 Å². The van der Waals surface area contributed by atoms with E-state index in [1.165, 1.54) is 22.3 Å². The van der Waals surface area contributed by atoms with Crippen LogP contribution in [-0.2, 0) is 17.8 Å². The topological polar surface area (TPSA) is 81.9 Å². The maximum absolute atomic E-state index is 14.4. The van der Waals surface area contributed by atoms with Gasteiger partial charge in [0.15, 0.2) is 11.2 Å². The smallest absolute Gasteiger partial charge is 0.330 e. The van der Waals surface area contributed by atoms with Gasteiger partial charge < -0.3 is 9.30 Å². The van der Waals surface area contributed by atoms with Crippen molar-refractivity contribution in [3.8, 4) is 11.4 Å². The monoisotopic (exact) mass is 378 g/mol. The van der Waals surface area contributed by atoms with Gasteiger partial charge >= 0.3 is 5.69 Å². The molecule has 0 saturated carbocycles. The Balaban J connectivity index is 2.34. The fraction of sp³-hybridized carbons (Fsp3) is 0.389. The van der Waals surface area contributed by atoms with Crippen molar-refractivity contribution in [2.75, 3.05) is 13.7 Å². The van der Waals surface area contributed by atoms with Gasteiger partial charge in [0, 0.05) is 26.3 Å². The van der Waals surface area contributed by atoms with Crippen LogP contribution in [0.4, 0.5) is 8.78 Å². The largest absolute Gasteiger partial charge is 0.383 e. The van der Waals surface area contributed by atoms with E-state index in [0.717, 1.165) is 18.6 Å². The minimum Gasteiger partial charge on any atom is -0.383 e. The van der Waals surface area contributed by atoms with E-state index < -0.39 is 22.9 Å². The summed E-state index contributed by atoms with van der Waals surface area (Å²) in [6, 6.07) is 3.13. The third kappa shape index (κ3) is 3.55.